The molecule has 8 N–H and O–H groups in total. The zero-order valence-corrected chi connectivity index (χ0v) is 24.5. The van der Waals surface area contributed by atoms with Gasteiger partial charge in [-0.15, -0.1) is 9.42 Å². The molecule has 2 aliphatic heterocycles. The molecule has 0 aliphatic carbocycles. The quantitative estimate of drug-likeness (QED) is 0.117. The third-order valence-corrected chi connectivity index (χ3v) is 8.64. The Hall–Kier alpha value is -3.49. The molecular formula is C21H27N10O11P2+. The summed E-state index contributed by atoms with van der Waals surface area (Å²) in [6.07, 6.45) is -2.42. The zero-order valence-electron chi connectivity index (χ0n) is 22.7. The highest BCUT2D eigenvalue weighted by atomic mass is 31.2. The van der Waals surface area contributed by atoms with Gasteiger partial charge >= 0.3 is 16.1 Å². The molecular weight excluding hydrogens is 630 g/mol. The molecule has 23 heteroatoms. The van der Waals surface area contributed by atoms with Crippen molar-refractivity contribution in [3.05, 3.63) is 29.3 Å². The number of aromatic amines is 1. The minimum Gasteiger partial charge on any atom is -0.390 e. The normalized spacial score (nSPS) is 29.0. The standard InChI is InChI=1S/C21H26N10O11P2/c1-8-14(32)11(41-19(8)30-6-26-12-15(22)24-5-25-16(12)30)4-39-44(36,37)42-10-2-9(3-38-43(34)35)40-20(10)31-7-27-13-17(31)28-21(23)29-18(13)33/h5-11,14,19-20,32H,2-4H2,1H3,(H6-,22,23,24,25,28,29,33,34,35,36,37)/p+1/t8-,9-,10+,11+,14-,19+,20+/m0/s1. The van der Waals surface area contributed by atoms with Gasteiger partial charge in [-0.3, -0.25) is 28.0 Å². The van der Waals surface area contributed by atoms with Crippen molar-refractivity contribution in [1.82, 2.24) is 39.0 Å². The molecule has 2 aliphatic rings. The number of aromatic nitrogens is 8. The number of H-pyrrole nitrogens is 1. The second-order valence-electron chi connectivity index (χ2n) is 10.1. The van der Waals surface area contributed by atoms with Crippen molar-refractivity contribution in [2.75, 3.05) is 24.7 Å². The van der Waals surface area contributed by atoms with Crippen LogP contribution in [0, 0.1) is 5.92 Å². The number of imidazole rings is 2. The first kappa shape index (κ1) is 30.5. The van der Waals surface area contributed by atoms with Crippen LogP contribution in [0.2, 0.25) is 0 Å². The number of anilines is 2. The summed E-state index contributed by atoms with van der Waals surface area (Å²) in [5.41, 5.74) is 11.5. The number of aliphatic hydroxyl groups is 1. The predicted molar refractivity (Wildman–Crippen MR) is 146 cm³/mol. The molecule has 0 amide bonds. The molecule has 0 radical (unpaired) electrons. The summed E-state index contributed by atoms with van der Waals surface area (Å²) < 4.78 is 54.3. The highest BCUT2D eigenvalue weighted by Gasteiger charge is 2.46. The maximum atomic E-state index is 13.1. The van der Waals surface area contributed by atoms with Crippen molar-refractivity contribution in [3.63, 3.8) is 0 Å². The molecule has 2 saturated heterocycles. The van der Waals surface area contributed by atoms with E-state index in [4.69, 9.17) is 39.4 Å². The number of aliphatic hydroxyl groups excluding tert-OH is 1. The number of phosphoric acid groups is 1. The summed E-state index contributed by atoms with van der Waals surface area (Å²) in [6, 6.07) is 0. The van der Waals surface area contributed by atoms with Gasteiger partial charge in [0.2, 0.25) is 5.95 Å². The van der Waals surface area contributed by atoms with Gasteiger partial charge in [-0.25, -0.2) is 24.5 Å². The lowest BCUT2D eigenvalue weighted by Crippen LogP contribution is -2.29. The molecule has 9 atom stereocenters. The van der Waals surface area contributed by atoms with Crippen molar-refractivity contribution in [3.8, 4) is 0 Å². The third-order valence-electron chi connectivity index (χ3n) is 7.26. The Labute approximate surface area is 246 Å². The summed E-state index contributed by atoms with van der Waals surface area (Å²) in [5.74, 6) is -0.559. The van der Waals surface area contributed by atoms with E-state index in [1.165, 1.54) is 23.5 Å². The van der Waals surface area contributed by atoms with Gasteiger partial charge in [0.1, 0.15) is 36.9 Å². The van der Waals surface area contributed by atoms with Crippen LogP contribution in [0.15, 0.2) is 23.8 Å². The Morgan fingerprint density at radius 1 is 1.11 bits per heavy atom. The second-order valence-corrected chi connectivity index (χ2v) is 12.2. The number of nitrogens with zero attached hydrogens (tertiary/aromatic N) is 7. The Balaban J connectivity index is 1.17. The molecule has 0 spiro atoms. The van der Waals surface area contributed by atoms with Gasteiger partial charge in [0, 0.05) is 16.9 Å². The van der Waals surface area contributed by atoms with E-state index in [1.54, 1.807) is 11.5 Å². The van der Waals surface area contributed by atoms with Gasteiger partial charge in [0.15, 0.2) is 28.9 Å². The summed E-state index contributed by atoms with van der Waals surface area (Å²) in [5, 5.41) is 10.8. The van der Waals surface area contributed by atoms with E-state index in [0.717, 1.165) is 0 Å². The van der Waals surface area contributed by atoms with Gasteiger partial charge in [-0.05, 0) is 0 Å². The lowest BCUT2D eigenvalue weighted by atomic mass is 10.0. The van der Waals surface area contributed by atoms with Crippen LogP contribution in [0.25, 0.3) is 22.3 Å². The first-order valence-corrected chi connectivity index (χ1v) is 15.6. The van der Waals surface area contributed by atoms with E-state index in [9.17, 15) is 23.9 Å². The molecule has 0 aromatic carbocycles. The first-order valence-electron chi connectivity index (χ1n) is 13.0. The fourth-order valence-corrected chi connectivity index (χ4v) is 6.43. The van der Waals surface area contributed by atoms with Gasteiger partial charge in [0.05, 0.1) is 31.5 Å². The second kappa shape index (κ2) is 11.8. The SMILES string of the molecule is C[C@H]1[C@H](O)[C@@H](COP(=O)(O)O[C@@H]2C[C@@H](CO[P+](=O)O)O[C@H]2n2cnc3c(=O)[nH]c(N)nc32)O[C@H]1n1cnc2c(N)ncnc21. The Kier molecular flexibility index (Phi) is 8.18. The van der Waals surface area contributed by atoms with Crippen molar-refractivity contribution < 1.29 is 47.1 Å². The largest absolute Gasteiger partial charge is 0.694 e. The number of hydrogen-bond acceptors (Lipinski definition) is 16. The van der Waals surface area contributed by atoms with E-state index >= 15 is 0 Å². The maximum Gasteiger partial charge on any atom is 0.694 e. The topological polar surface area (TPSA) is 300 Å². The molecule has 0 bridgehead atoms. The van der Waals surface area contributed by atoms with E-state index in [1.807, 2.05) is 0 Å². The average molecular weight is 657 g/mol. The summed E-state index contributed by atoms with van der Waals surface area (Å²) in [4.78, 5) is 54.6. The van der Waals surface area contributed by atoms with Crippen LogP contribution >= 0.6 is 16.1 Å². The fourth-order valence-electron chi connectivity index (χ4n) is 5.21. The molecule has 236 valence electrons. The first-order chi connectivity index (χ1) is 20.9. The third kappa shape index (κ3) is 5.82. The van der Waals surface area contributed by atoms with Gasteiger partial charge in [-0.1, -0.05) is 6.92 Å². The van der Waals surface area contributed by atoms with Crippen molar-refractivity contribution in [2.45, 2.75) is 50.2 Å². The Bertz CT molecular complexity index is 1820. The van der Waals surface area contributed by atoms with Crippen LogP contribution in [0.4, 0.5) is 11.8 Å². The summed E-state index contributed by atoms with van der Waals surface area (Å²) in [7, 11) is -7.82. The molecule has 2 unspecified atom stereocenters. The highest BCUT2D eigenvalue weighted by Crippen LogP contribution is 2.50. The molecule has 0 saturated carbocycles. The lowest BCUT2D eigenvalue weighted by molar-refractivity contribution is -0.0586. The molecule has 4 aromatic heterocycles. The molecule has 21 nitrogen and oxygen atoms in total. The number of rotatable bonds is 10. The average Bonchev–Trinajstić information content (AvgIpc) is 3.73. The monoisotopic (exact) mass is 657 g/mol. The van der Waals surface area contributed by atoms with E-state index < -0.39 is 71.0 Å². The number of fused-ring (bicyclic) bond motifs is 2. The van der Waals surface area contributed by atoms with Crippen LogP contribution in [0.1, 0.15) is 25.8 Å². The zero-order chi connectivity index (χ0) is 31.3. The molecule has 6 rings (SSSR count). The van der Waals surface area contributed by atoms with E-state index in [-0.39, 0.29) is 36.0 Å². The number of phosphoric ester groups is 1. The fraction of sp³-hybridized carbons (Fsp3) is 0.524. The number of hydrogen-bond donors (Lipinski definition) is 6. The van der Waals surface area contributed by atoms with Crippen LogP contribution < -0.4 is 17.0 Å². The molecule has 44 heavy (non-hydrogen) atoms. The summed E-state index contributed by atoms with van der Waals surface area (Å²) >= 11 is 0. The number of nitrogen functional groups attached to an aromatic ring is 2. The van der Waals surface area contributed by atoms with Gasteiger partial charge < -0.3 is 30.9 Å². The lowest BCUT2D eigenvalue weighted by Gasteiger charge is -2.23. The van der Waals surface area contributed by atoms with Crippen molar-refractivity contribution in [1.29, 1.82) is 0 Å². The van der Waals surface area contributed by atoms with Crippen LogP contribution in [-0.2, 0) is 32.2 Å². The molecule has 4 aromatic rings. The van der Waals surface area contributed by atoms with Gasteiger partial charge in [-0.2, -0.15) is 4.98 Å². The minimum absolute atomic E-state index is 0.00472. The molecule has 6 heterocycles. The number of nitrogens with two attached hydrogens (primary N) is 2. The molecule has 2 fully saturated rings. The van der Waals surface area contributed by atoms with E-state index in [0.29, 0.717) is 11.2 Å². The predicted octanol–water partition coefficient (Wildman–Crippen LogP) is -0.526. The minimum atomic E-state index is -4.87. The smallest absolute Gasteiger partial charge is 0.390 e. The van der Waals surface area contributed by atoms with Crippen LogP contribution in [0.3, 0.4) is 0 Å². The van der Waals surface area contributed by atoms with Crippen molar-refractivity contribution in [2.24, 2.45) is 5.92 Å². The van der Waals surface area contributed by atoms with E-state index in [2.05, 4.69) is 29.9 Å². The summed E-state index contributed by atoms with van der Waals surface area (Å²) in [6.45, 7) is 0.810. The van der Waals surface area contributed by atoms with Gasteiger partial charge in [0.25, 0.3) is 5.56 Å². The Morgan fingerprint density at radius 3 is 2.59 bits per heavy atom. The van der Waals surface area contributed by atoms with Crippen LogP contribution in [-0.4, -0.2) is 91.6 Å². The number of ether oxygens (including phenoxy) is 2. The number of nitrogens with one attached hydrogen (secondary N) is 1. The Morgan fingerprint density at radius 2 is 1.84 bits per heavy atom. The van der Waals surface area contributed by atoms with Crippen LogP contribution in [0.5, 0.6) is 0 Å². The van der Waals surface area contributed by atoms with Crippen molar-refractivity contribution >= 4 is 50.2 Å². The maximum absolute atomic E-state index is 13.1. The highest BCUT2D eigenvalue weighted by molar-refractivity contribution is 7.47.